The molecule has 2 aromatic rings. The molecule has 0 spiro atoms. The summed E-state index contributed by atoms with van der Waals surface area (Å²) >= 11 is 5.84. The molecule has 2 atom stereocenters. The number of ether oxygens (including phenoxy) is 1. The first-order valence-corrected chi connectivity index (χ1v) is 8.19. The van der Waals surface area contributed by atoms with Gasteiger partial charge in [0.25, 0.3) is 0 Å². The first kappa shape index (κ1) is 16.4. The van der Waals surface area contributed by atoms with Crippen molar-refractivity contribution < 1.29 is 9.84 Å². The average Bonchev–Trinajstić information content (AvgIpc) is 3.02. The lowest BCUT2D eigenvalue weighted by Crippen LogP contribution is -2.42. The van der Waals surface area contributed by atoms with E-state index in [1.54, 1.807) is 6.33 Å². The minimum atomic E-state index is -0.528. The van der Waals surface area contributed by atoms with Gasteiger partial charge in [-0.05, 0) is 24.1 Å². The fourth-order valence-corrected chi connectivity index (χ4v) is 2.79. The molecule has 0 bridgehead atoms. The number of hydrogen-bond donors (Lipinski definition) is 2. The summed E-state index contributed by atoms with van der Waals surface area (Å²) in [7, 11) is 0. The largest absolute Gasteiger partial charge is 0.389 e. The van der Waals surface area contributed by atoms with Gasteiger partial charge in [0, 0.05) is 24.0 Å². The van der Waals surface area contributed by atoms with Gasteiger partial charge in [-0.1, -0.05) is 23.7 Å². The van der Waals surface area contributed by atoms with E-state index in [1.807, 2.05) is 28.9 Å². The lowest BCUT2D eigenvalue weighted by Gasteiger charge is -2.24. The molecule has 0 amide bonds. The summed E-state index contributed by atoms with van der Waals surface area (Å²) in [4.78, 5) is 4.21. The summed E-state index contributed by atoms with van der Waals surface area (Å²) in [5.74, 6) is 1.04. The summed E-state index contributed by atoms with van der Waals surface area (Å²) in [5.41, 5.74) is 1.04. The molecule has 0 saturated heterocycles. The second-order valence-electron chi connectivity index (χ2n) is 5.80. The molecule has 7 heteroatoms. The Morgan fingerprint density at radius 2 is 2.22 bits per heavy atom. The van der Waals surface area contributed by atoms with Crippen molar-refractivity contribution in [2.75, 3.05) is 13.2 Å². The van der Waals surface area contributed by atoms with Crippen molar-refractivity contribution in [3.05, 3.63) is 47.0 Å². The predicted molar refractivity (Wildman–Crippen MR) is 87.2 cm³/mol. The van der Waals surface area contributed by atoms with Gasteiger partial charge < -0.3 is 15.2 Å². The number of aryl methyl sites for hydroxylation is 1. The van der Waals surface area contributed by atoms with E-state index in [0.29, 0.717) is 30.8 Å². The van der Waals surface area contributed by atoms with Crippen LogP contribution in [0.5, 0.6) is 0 Å². The highest BCUT2D eigenvalue weighted by Crippen LogP contribution is 2.12. The molecule has 1 aromatic heterocycles. The zero-order valence-corrected chi connectivity index (χ0v) is 13.6. The minimum Gasteiger partial charge on any atom is -0.389 e. The highest BCUT2D eigenvalue weighted by Gasteiger charge is 2.20. The lowest BCUT2D eigenvalue weighted by atomic mass is 10.1. The number of aromatic nitrogens is 3. The Bertz CT molecular complexity index is 617. The molecule has 1 aliphatic rings. The van der Waals surface area contributed by atoms with Crippen molar-refractivity contribution in [3.63, 3.8) is 0 Å². The standard InChI is InChI=1S/C16H21ClN4O2/c17-13-3-1-12(2-4-13)9-23-10-15(22)7-18-14-5-6-16-19-11-20-21(16)8-14/h1-4,11,14-15,18,22H,5-10H2/t14-,15+/m1/s1. The Balaban J connectivity index is 1.34. The maximum atomic E-state index is 10.0. The molecule has 0 fully saturated rings. The number of benzene rings is 1. The van der Waals surface area contributed by atoms with Crippen LogP contribution in [0.2, 0.25) is 5.02 Å². The third-order valence-electron chi connectivity index (χ3n) is 3.94. The van der Waals surface area contributed by atoms with Crippen LogP contribution in [0.25, 0.3) is 0 Å². The number of nitrogens with one attached hydrogen (secondary N) is 1. The van der Waals surface area contributed by atoms with Gasteiger partial charge in [-0.25, -0.2) is 9.67 Å². The molecule has 2 heterocycles. The van der Waals surface area contributed by atoms with Gasteiger partial charge >= 0.3 is 0 Å². The van der Waals surface area contributed by atoms with Crippen LogP contribution >= 0.6 is 11.6 Å². The van der Waals surface area contributed by atoms with Gasteiger partial charge in [-0.15, -0.1) is 0 Å². The molecule has 0 saturated carbocycles. The van der Waals surface area contributed by atoms with E-state index < -0.39 is 6.10 Å². The van der Waals surface area contributed by atoms with Gasteiger partial charge in [0.1, 0.15) is 12.2 Å². The van der Waals surface area contributed by atoms with Crippen molar-refractivity contribution in [1.29, 1.82) is 0 Å². The van der Waals surface area contributed by atoms with E-state index >= 15 is 0 Å². The Morgan fingerprint density at radius 3 is 3.04 bits per heavy atom. The average molecular weight is 337 g/mol. The maximum absolute atomic E-state index is 10.0. The van der Waals surface area contributed by atoms with Crippen molar-refractivity contribution in [3.8, 4) is 0 Å². The van der Waals surface area contributed by atoms with Crippen LogP contribution in [-0.4, -0.2) is 45.2 Å². The van der Waals surface area contributed by atoms with Crippen LogP contribution < -0.4 is 5.32 Å². The smallest absolute Gasteiger partial charge is 0.138 e. The van der Waals surface area contributed by atoms with Crippen LogP contribution in [0.1, 0.15) is 17.8 Å². The molecule has 124 valence electrons. The minimum absolute atomic E-state index is 0.303. The van der Waals surface area contributed by atoms with E-state index in [9.17, 15) is 5.11 Å². The Hall–Kier alpha value is -1.47. The van der Waals surface area contributed by atoms with Gasteiger partial charge in [0.15, 0.2) is 0 Å². The molecule has 1 aliphatic heterocycles. The number of rotatable bonds is 7. The molecule has 6 nitrogen and oxygen atoms in total. The molecule has 0 radical (unpaired) electrons. The number of nitrogens with zero attached hydrogens (tertiary/aromatic N) is 3. The van der Waals surface area contributed by atoms with E-state index in [0.717, 1.165) is 30.8 Å². The quantitative estimate of drug-likeness (QED) is 0.800. The molecular formula is C16H21ClN4O2. The fourth-order valence-electron chi connectivity index (χ4n) is 2.66. The number of aliphatic hydroxyl groups is 1. The van der Waals surface area contributed by atoms with Crippen molar-refractivity contribution >= 4 is 11.6 Å². The van der Waals surface area contributed by atoms with Gasteiger partial charge in [0.2, 0.25) is 0 Å². The van der Waals surface area contributed by atoms with Gasteiger partial charge in [-0.3, -0.25) is 0 Å². The number of fused-ring (bicyclic) bond motifs is 1. The maximum Gasteiger partial charge on any atom is 0.138 e. The van der Waals surface area contributed by atoms with E-state index in [2.05, 4.69) is 15.4 Å². The Morgan fingerprint density at radius 1 is 1.39 bits per heavy atom. The first-order valence-electron chi connectivity index (χ1n) is 7.81. The highest BCUT2D eigenvalue weighted by molar-refractivity contribution is 6.30. The van der Waals surface area contributed by atoms with Crippen LogP contribution in [0, 0.1) is 0 Å². The second kappa shape index (κ2) is 7.88. The van der Waals surface area contributed by atoms with Crippen molar-refractivity contribution in [2.24, 2.45) is 0 Å². The van der Waals surface area contributed by atoms with Crippen LogP contribution in [0.3, 0.4) is 0 Å². The zero-order valence-electron chi connectivity index (χ0n) is 12.9. The van der Waals surface area contributed by atoms with Crippen LogP contribution in [0.15, 0.2) is 30.6 Å². The number of halogens is 1. The van der Waals surface area contributed by atoms with Crippen LogP contribution in [-0.2, 0) is 24.3 Å². The third kappa shape index (κ3) is 4.75. The van der Waals surface area contributed by atoms with E-state index in [4.69, 9.17) is 16.3 Å². The Kier molecular flexibility index (Phi) is 5.61. The summed E-state index contributed by atoms with van der Waals surface area (Å²) in [6.07, 6.45) is 2.99. The van der Waals surface area contributed by atoms with Crippen molar-refractivity contribution in [1.82, 2.24) is 20.1 Å². The monoisotopic (exact) mass is 336 g/mol. The summed E-state index contributed by atoms with van der Waals surface area (Å²) < 4.78 is 7.47. The highest BCUT2D eigenvalue weighted by atomic mass is 35.5. The lowest BCUT2D eigenvalue weighted by molar-refractivity contribution is 0.0269. The first-order chi connectivity index (χ1) is 11.2. The molecule has 23 heavy (non-hydrogen) atoms. The summed E-state index contributed by atoms with van der Waals surface area (Å²) in [6, 6.07) is 7.82. The number of aliphatic hydroxyl groups excluding tert-OH is 1. The van der Waals surface area contributed by atoms with Gasteiger partial charge in [0.05, 0.1) is 25.9 Å². The molecular weight excluding hydrogens is 316 g/mol. The molecule has 3 rings (SSSR count). The molecule has 2 N–H and O–H groups in total. The zero-order chi connectivity index (χ0) is 16.1. The fraction of sp³-hybridized carbons (Fsp3) is 0.500. The van der Waals surface area contributed by atoms with Crippen LogP contribution in [0.4, 0.5) is 0 Å². The Labute approximate surface area is 140 Å². The topological polar surface area (TPSA) is 72.2 Å². The summed E-state index contributed by atoms with van der Waals surface area (Å²) in [5, 5.41) is 18.3. The normalized spacial score (nSPS) is 18.6. The molecule has 0 aliphatic carbocycles. The van der Waals surface area contributed by atoms with Crippen molar-refractivity contribution in [2.45, 2.75) is 38.1 Å². The third-order valence-corrected chi connectivity index (χ3v) is 4.19. The van der Waals surface area contributed by atoms with Gasteiger partial charge in [-0.2, -0.15) is 5.10 Å². The predicted octanol–water partition coefficient (Wildman–Crippen LogP) is 1.41. The SMILES string of the molecule is O[C@@H](CN[C@@H]1CCc2ncnn2C1)COCc1ccc(Cl)cc1. The number of hydrogen-bond acceptors (Lipinski definition) is 5. The molecule has 0 unspecified atom stereocenters. The summed E-state index contributed by atoms with van der Waals surface area (Å²) in [6.45, 7) is 2.08. The molecule has 1 aromatic carbocycles. The van der Waals surface area contributed by atoms with E-state index in [-0.39, 0.29) is 0 Å². The van der Waals surface area contributed by atoms with E-state index in [1.165, 1.54) is 0 Å². The second-order valence-corrected chi connectivity index (χ2v) is 6.23.